The van der Waals surface area contributed by atoms with Crippen LogP contribution in [0.1, 0.15) is 19.3 Å². The van der Waals surface area contributed by atoms with Crippen molar-refractivity contribution in [2.45, 2.75) is 37.4 Å². The van der Waals surface area contributed by atoms with Gasteiger partial charge in [0.15, 0.2) is 0 Å². The van der Waals surface area contributed by atoms with Crippen molar-refractivity contribution in [1.82, 2.24) is 15.1 Å². The monoisotopic (exact) mass is 463 g/mol. The van der Waals surface area contributed by atoms with Crippen molar-refractivity contribution in [1.29, 1.82) is 0 Å². The molecule has 3 atom stereocenters. The lowest BCUT2D eigenvalue weighted by molar-refractivity contribution is -0.145. The number of anilines is 1. The highest BCUT2D eigenvalue weighted by molar-refractivity contribution is 7.99. The smallest absolute Gasteiger partial charge is 0.319 e. The lowest BCUT2D eigenvalue weighted by Gasteiger charge is -2.33. The van der Waals surface area contributed by atoms with Gasteiger partial charge >= 0.3 is 6.03 Å². The number of hydrogen-bond donors (Lipinski definition) is 3. The second-order valence-corrected chi connectivity index (χ2v) is 8.65. The summed E-state index contributed by atoms with van der Waals surface area (Å²) in [7, 11) is 1.53. The number of ether oxygens (including phenoxy) is 1. The molecule has 2 aliphatic heterocycles. The van der Waals surface area contributed by atoms with E-state index >= 15 is 0 Å². The maximum atomic E-state index is 13.4. The van der Waals surface area contributed by atoms with E-state index in [0.29, 0.717) is 43.8 Å². The zero-order valence-corrected chi connectivity index (χ0v) is 19.0. The number of nitrogens with two attached hydrogens (primary N) is 1. The molecule has 0 radical (unpaired) electrons. The zero-order chi connectivity index (χ0) is 23.3. The number of likely N-dealkylation sites (tertiary alicyclic amines) is 2. The van der Waals surface area contributed by atoms with Crippen LogP contribution < -0.4 is 21.1 Å². The second-order valence-electron chi connectivity index (χ2n) is 7.78. The number of methoxy groups -OCH3 is 1. The van der Waals surface area contributed by atoms with Gasteiger partial charge in [0.05, 0.1) is 18.9 Å². The molecule has 3 rings (SSSR count). The summed E-state index contributed by atoms with van der Waals surface area (Å²) >= 11 is 1.37. The van der Waals surface area contributed by atoms with Gasteiger partial charge < -0.3 is 30.9 Å². The van der Waals surface area contributed by atoms with E-state index in [1.165, 1.54) is 28.7 Å². The highest BCUT2D eigenvalue weighted by atomic mass is 32.2. The fourth-order valence-corrected chi connectivity index (χ4v) is 4.68. The average Bonchev–Trinajstić information content (AvgIpc) is 3.41. The molecule has 2 saturated heterocycles. The maximum Gasteiger partial charge on any atom is 0.319 e. The van der Waals surface area contributed by atoms with Crippen molar-refractivity contribution in [2.24, 2.45) is 5.73 Å². The number of nitrogens with one attached hydrogen (secondary N) is 2. The first-order chi connectivity index (χ1) is 15.3. The van der Waals surface area contributed by atoms with E-state index in [4.69, 9.17) is 10.5 Å². The zero-order valence-electron chi connectivity index (χ0n) is 18.2. The summed E-state index contributed by atoms with van der Waals surface area (Å²) in [6.07, 6.45) is 3.41. The summed E-state index contributed by atoms with van der Waals surface area (Å²) in [5, 5.41) is 5.57. The molecule has 0 bridgehead atoms. The Morgan fingerprint density at radius 1 is 1.19 bits per heavy atom. The molecule has 0 spiro atoms. The molecule has 2 fully saturated rings. The van der Waals surface area contributed by atoms with E-state index in [0.717, 1.165) is 0 Å². The topological polar surface area (TPSA) is 134 Å². The Labute approximate surface area is 191 Å². The quantitative estimate of drug-likeness (QED) is 0.543. The minimum Gasteiger partial charge on any atom is -0.497 e. The summed E-state index contributed by atoms with van der Waals surface area (Å²) in [6.45, 7) is 0.741. The van der Waals surface area contributed by atoms with Gasteiger partial charge in [-0.25, -0.2) is 4.79 Å². The molecular formula is C21H29N5O5S. The van der Waals surface area contributed by atoms with E-state index < -0.39 is 30.1 Å². The third kappa shape index (κ3) is 5.26. The van der Waals surface area contributed by atoms with Gasteiger partial charge in [-0.05, 0) is 37.7 Å². The minimum absolute atomic E-state index is 0.178. The molecule has 4 N–H and O–H groups in total. The molecule has 32 heavy (non-hydrogen) atoms. The van der Waals surface area contributed by atoms with E-state index in [9.17, 15) is 19.2 Å². The van der Waals surface area contributed by atoms with Crippen LogP contribution in [0.25, 0.3) is 0 Å². The number of benzene rings is 1. The molecule has 2 heterocycles. The number of thioether (sulfide) groups is 1. The number of nitrogens with zero attached hydrogens (tertiary/aromatic N) is 2. The summed E-state index contributed by atoms with van der Waals surface area (Å²) in [5.74, 6) is -0.271. The Kier molecular flexibility index (Phi) is 7.84. The van der Waals surface area contributed by atoms with Crippen LogP contribution in [-0.2, 0) is 14.4 Å². The Morgan fingerprint density at radius 3 is 2.66 bits per heavy atom. The van der Waals surface area contributed by atoms with Crippen LogP contribution in [0.2, 0.25) is 0 Å². The van der Waals surface area contributed by atoms with Gasteiger partial charge in [-0.2, -0.15) is 11.8 Å². The Morgan fingerprint density at radius 2 is 1.97 bits per heavy atom. The number of rotatable bonds is 7. The molecule has 1 aromatic carbocycles. The molecular weight excluding hydrogens is 434 g/mol. The van der Waals surface area contributed by atoms with Crippen LogP contribution in [0, 0.1) is 0 Å². The molecule has 10 nitrogen and oxygen atoms in total. The van der Waals surface area contributed by atoms with Crippen LogP contribution in [0.15, 0.2) is 24.3 Å². The van der Waals surface area contributed by atoms with Crippen LogP contribution >= 0.6 is 11.8 Å². The van der Waals surface area contributed by atoms with Crippen LogP contribution in [0.3, 0.4) is 0 Å². The first kappa shape index (κ1) is 23.7. The predicted octanol–water partition coefficient (Wildman–Crippen LogP) is 0.626. The van der Waals surface area contributed by atoms with Gasteiger partial charge in [-0.1, -0.05) is 6.07 Å². The van der Waals surface area contributed by atoms with Crippen molar-refractivity contribution >= 4 is 41.2 Å². The number of carbonyl (C=O) groups is 4. The number of hydrogen-bond acceptors (Lipinski definition) is 6. The molecule has 1 aromatic rings. The summed E-state index contributed by atoms with van der Waals surface area (Å²) in [4.78, 5) is 53.6. The van der Waals surface area contributed by atoms with Crippen LogP contribution in [-0.4, -0.2) is 83.9 Å². The number of carbonyl (C=O) groups excluding carboxylic acids is 4. The first-order valence-electron chi connectivity index (χ1n) is 10.5. The van der Waals surface area contributed by atoms with Gasteiger partial charge in [0.1, 0.15) is 17.8 Å². The molecule has 11 heteroatoms. The standard InChI is InChI=1S/C21H29N5O5S/c1-31-14-6-3-5-13(11-14)23-21(30)24-15-8-10-26(17(27)12-32-2)18(15)20(29)25-9-4-7-16(25)19(22)28/h3,5-6,11,15-16,18H,4,7-10,12H2,1-2H3,(H2,22,28)(H2,23,24,30)/t15-,16+,18-/m0/s1. The third-order valence-corrected chi connectivity index (χ3v) is 6.28. The fourth-order valence-electron chi connectivity index (χ4n) is 4.27. The summed E-state index contributed by atoms with van der Waals surface area (Å²) in [6, 6.07) is 4.24. The van der Waals surface area contributed by atoms with Crippen molar-refractivity contribution in [3.05, 3.63) is 24.3 Å². The highest BCUT2D eigenvalue weighted by Crippen LogP contribution is 2.26. The van der Waals surface area contributed by atoms with E-state index in [-0.39, 0.29) is 17.6 Å². The molecule has 0 aliphatic carbocycles. The maximum absolute atomic E-state index is 13.4. The molecule has 174 valence electrons. The van der Waals surface area contributed by atoms with Crippen molar-refractivity contribution < 1.29 is 23.9 Å². The molecule has 5 amide bonds. The van der Waals surface area contributed by atoms with Gasteiger partial charge in [-0.3, -0.25) is 14.4 Å². The lowest BCUT2D eigenvalue weighted by atomic mass is 10.1. The molecule has 0 unspecified atom stereocenters. The first-order valence-corrected chi connectivity index (χ1v) is 11.8. The van der Waals surface area contributed by atoms with E-state index in [1.807, 2.05) is 6.26 Å². The van der Waals surface area contributed by atoms with Crippen molar-refractivity contribution in [3.63, 3.8) is 0 Å². The SMILES string of the molecule is COc1cccc(NC(=O)N[C@H]2CCN(C(=O)CSC)[C@@H]2C(=O)N2CCC[C@@H]2C(N)=O)c1. The Balaban J connectivity index is 1.76. The van der Waals surface area contributed by atoms with Crippen molar-refractivity contribution in [2.75, 3.05) is 37.5 Å². The second kappa shape index (κ2) is 10.6. The van der Waals surface area contributed by atoms with Crippen molar-refractivity contribution in [3.8, 4) is 5.75 Å². The third-order valence-electron chi connectivity index (χ3n) is 5.75. The highest BCUT2D eigenvalue weighted by Gasteiger charge is 2.46. The van der Waals surface area contributed by atoms with E-state index in [2.05, 4.69) is 10.6 Å². The normalized spacial score (nSPS) is 22.5. The van der Waals surface area contributed by atoms with Gasteiger partial charge in [0.2, 0.25) is 17.7 Å². The number of primary amides is 1. The predicted molar refractivity (Wildman–Crippen MR) is 121 cm³/mol. The minimum atomic E-state index is -0.884. The number of amides is 5. The van der Waals surface area contributed by atoms with Gasteiger partial charge in [0.25, 0.3) is 0 Å². The Bertz CT molecular complexity index is 882. The van der Waals surface area contributed by atoms with Gasteiger partial charge in [-0.15, -0.1) is 0 Å². The fraction of sp³-hybridized carbons (Fsp3) is 0.524. The lowest BCUT2D eigenvalue weighted by Crippen LogP contribution is -2.58. The van der Waals surface area contributed by atoms with Crippen LogP contribution in [0.4, 0.5) is 10.5 Å². The Hall–Kier alpha value is -2.95. The summed E-state index contributed by atoms with van der Waals surface area (Å²) in [5.41, 5.74) is 6.02. The summed E-state index contributed by atoms with van der Waals surface area (Å²) < 4.78 is 5.16. The van der Waals surface area contributed by atoms with E-state index in [1.54, 1.807) is 24.3 Å². The van der Waals surface area contributed by atoms with Gasteiger partial charge in [0, 0.05) is 24.8 Å². The number of urea groups is 1. The largest absolute Gasteiger partial charge is 0.497 e. The van der Waals surface area contributed by atoms with Crippen LogP contribution in [0.5, 0.6) is 5.75 Å². The average molecular weight is 464 g/mol. The molecule has 0 aromatic heterocycles. The molecule has 0 saturated carbocycles. The molecule has 2 aliphatic rings.